The molecule has 98 valence electrons. The van der Waals surface area contributed by atoms with Crippen molar-refractivity contribution in [2.75, 3.05) is 0 Å². The molecule has 0 bridgehead atoms. The average molecular weight is 270 g/mol. The number of rotatable bonds is 5. The monoisotopic (exact) mass is 270 g/mol. The van der Waals surface area contributed by atoms with Crippen LogP contribution in [0.3, 0.4) is 0 Å². The maximum Gasteiger partial charge on any atom is 0.123 e. The van der Waals surface area contributed by atoms with Gasteiger partial charge in [-0.05, 0) is 23.6 Å². The number of hydrogen-bond donors (Lipinski definition) is 2. The van der Waals surface area contributed by atoms with Crippen LogP contribution >= 0.6 is 11.8 Å². The molecule has 3 heteroatoms. The molecule has 0 aliphatic heterocycles. The van der Waals surface area contributed by atoms with Gasteiger partial charge in [0.2, 0.25) is 0 Å². The SMILES string of the molecule is Cc1ccccc1CSCc1ccccc1C(=N)N. The maximum atomic E-state index is 7.58. The lowest BCUT2D eigenvalue weighted by Gasteiger charge is -2.09. The Morgan fingerprint density at radius 2 is 1.58 bits per heavy atom. The Hall–Kier alpha value is -1.74. The summed E-state index contributed by atoms with van der Waals surface area (Å²) in [4.78, 5) is 0. The third-order valence-electron chi connectivity index (χ3n) is 3.08. The topological polar surface area (TPSA) is 49.9 Å². The molecule has 2 aromatic carbocycles. The van der Waals surface area contributed by atoms with Gasteiger partial charge in [-0.3, -0.25) is 5.41 Å². The van der Waals surface area contributed by atoms with Crippen molar-refractivity contribution in [3.8, 4) is 0 Å². The molecule has 0 saturated heterocycles. The Kier molecular flexibility index (Phi) is 4.63. The smallest absolute Gasteiger partial charge is 0.123 e. The van der Waals surface area contributed by atoms with Gasteiger partial charge in [-0.1, -0.05) is 48.5 Å². The van der Waals surface area contributed by atoms with Crippen LogP contribution < -0.4 is 5.73 Å². The van der Waals surface area contributed by atoms with Crippen LogP contribution in [0.4, 0.5) is 0 Å². The van der Waals surface area contributed by atoms with Gasteiger partial charge in [0.05, 0.1) is 0 Å². The second kappa shape index (κ2) is 6.43. The summed E-state index contributed by atoms with van der Waals surface area (Å²) in [6, 6.07) is 16.3. The number of thioether (sulfide) groups is 1. The van der Waals surface area contributed by atoms with Crippen molar-refractivity contribution < 1.29 is 0 Å². The van der Waals surface area contributed by atoms with Gasteiger partial charge in [0, 0.05) is 17.1 Å². The minimum Gasteiger partial charge on any atom is -0.384 e. The van der Waals surface area contributed by atoms with E-state index in [1.807, 2.05) is 36.0 Å². The second-order valence-corrected chi connectivity index (χ2v) is 5.48. The van der Waals surface area contributed by atoms with Crippen molar-refractivity contribution >= 4 is 17.6 Å². The highest BCUT2D eigenvalue weighted by atomic mass is 32.2. The van der Waals surface area contributed by atoms with E-state index in [0.29, 0.717) is 0 Å². The third-order valence-corrected chi connectivity index (χ3v) is 4.11. The molecule has 2 aromatic rings. The standard InChI is InChI=1S/C16H18N2S/c1-12-6-2-3-7-13(12)10-19-11-14-8-4-5-9-15(14)16(17)18/h2-9H,10-11H2,1H3,(H3,17,18). The van der Waals surface area contributed by atoms with Crippen molar-refractivity contribution in [3.63, 3.8) is 0 Å². The quantitative estimate of drug-likeness (QED) is 0.642. The Morgan fingerprint density at radius 3 is 2.26 bits per heavy atom. The zero-order chi connectivity index (χ0) is 13.7. The summed E-state index contributed by atoms with van der Waals surface area (Å²) in [6.07, 6.45) is 0. The first kappa shape index (κ1) is 13.7. The van der Waals surface area contributed by atoms with Gasteiger partial charge in [-0.15, -0.1) is 0 Å². The maximum absolute atomic E-state index is 7.58. The molecule has 0 aliphatic rings. The van der Waals surface area contributed by atoms with Crippen LogP contribution in [0.5, 0.6) is 0 Å². The molecule has 2 nitrogen and oxygen atoms in total. The molecule has 0 radical (unpaired) electrons. The summed E-state index contributed by atoms with van der Waals surface area (Å²) in [5, 5.41) is 7.58. The van der Waals surface area contributed by atoms with Crippen LogP contribution in [0.15, 0.2) is 48.5 Å². The first-order chi connectivity index (χ1) is 9.18. The number of nitrogen functional groups attached to an aromatic ring is 1. The van der Waals surface area contributed by atoms with Gasteiger partial charge in [-0.2, -0.15) is 11.8 Å². The van der Waals surface area contributed by atoms with Gasteiger partial charge < -0.3 is 5.73 Å². The molecule has 0 amide bonds. The highest BCUT2D eigenvalue weighted by molar-refractivity contribution is 7.97. The normalized spacial score (nSPS) is 10.4. The molecule has 0 unspecified atom stereocenters. The lowest BCUT2D eigenvalue weighted by molar-refractivity contribution is 1.29. The van der Waals surface area contributed by atoms with Crippen molar-refractivity contribution in [2.45, 2.75) is 18.4 Å². The van der Waals surface area contributed by atoms with E-state index in [2.05, 4.69) is 31.2 Å². The Bertz CT molecular complexity index is 578. The van der Waals surface area contributed by atoms with E-state index in [1.54, 1.807) is 0 Å². The summed E-state index contributed by atoms with van der Waals surface area (Å²) in [5.41, 5.74) is 10.3. The fourth-order valence-corrected chi connectivity index (χ4v) is 3.07. The lowest BCUT2D eigenvalue weighted by atomic mass is 10.1. The highest BCUT2D eigenvalue weighted by Crippen LogP contribution is 2.21. The second-order valence-electron chi connectivity index (χ2n) is 4.49. The molecule has 0 saturated carbocycles. The van der Waals surface area contributed by atoms with Gasteiger partial charge in [0.1, 0.15) is 5.84 Å². The summed E-state index contributed by atoms with van der Waals surface area (Å²) in [7, 11) is 0. The molecule has 0 aromatic heterocycles. The van der Waals surface area contributed by atoms with Crippen LogP contribution in [0, 0.1) is 12.3 Å². The zero-order valence-electron chi connectivity index (χ0n) is 11.0. The summed E-state index contributed by atoms with van der Waals surface area (Å²) >= 11 is 1.85. The summed E-state index contributed by atoms with van der Waals surface area (Å²) in [6.45, 7) is 2.14. The van der Waals surface area contributed by atoms with Crippen molar-refractivity contribution in [1.29, 1.82) is 5.41 Å². The third kappa shape index (κ3) is 3.61. The molecule has 0 aliphatic carbocycles. The van der Waals surface area contributed by atoms with E-state index in [0.717, 1.165) is 22.6 Å². The predicted octanol–water partition coefficient (Wildman–Crippen LogP) is 3.71. The zero-order valence-corrected chi connectivity index (χ0v) is 11.8. The molecule has 3 N–H and O–H groups in total. The molecule has 0 atom stereocenters. The van der Waals surface area contributed by atoms with E-state index in [9.17, 15) is 0 Å². The number of nitrogens with one attached hydrogen (secondary N) is 1. The summed E-state index contributed by atoms with van der Waals surface area (Å²) < 4.78 is 0. The van der Waals surface area contributed by atoms with Crippen molar-refractivity contribution in [3.05, 3.63) is 70.8 Å². The molecular formula is C16H18N2S. The summed E-state index contributed by atoms with van der Waals surface area (Å²) in [5.74, 6) is 2.01. The van der Waals surface area contributed by atoms with Crippen LogP contribution in [0.1, 0.15) is 22.3 Å². The number of aryl methyl sites for hydroxylation is 1. The van der Waals surface area contributed by atoms with Crippen LogP contribution in [0.2, 0.25) is 0 Å². The molecule has 2 rings (SSSR count). The first-order valence-corrected chi connectivity index (χ1v) is 7.38. The molecule has 0 heterocycles. The minimum absolute atomic E-state index is 0.145. The average Bonchev–Trinajstić information content (AvgIpc) is 2.41. The predicted molar refractivity (Wildman–Crippen MR) is 83.6 cm³/mol. The van der Waals surface area contributed by atoms with Gasteiger partial charge in [0.25, 0.3) is 0 Å². The Balaban J connectivity index is 2.00. The fourth-order valence-electron chi connectivity index (χ4n) is 1.95. The first-order valence-electron chi connectivity index (χ1n) is 6.23. The van der Waals surface area contributed by atoms with E-state index >= 15 is 0 Å². The van der Waals surface area contributed by atoms with Crippen LogP contribution in [-0.4, -0.2) is 5.84 Å². The minimum atomic E-state index is 0.145. The molecule has 19 heavy (non-hydrogen) atoms. The Labute approximate surface area is 118 Å². The molecule has 0 fully saturated rings. The van der Waals surface area contributed by atoms with Gasteiger partial charge in [-0.25, -0.2) is 0 Å². The van der Waals surface area contributed by atoms with Crippen LogP contribution in [0.25, 0.3) is 0 Å². The van der Waals surface area contributed by atoms with E-state index < -0.39 is 0 Å². The van der Waals surface area contributed by atoms with Gasteiger partial charge in [0.15, 0.2) is 0 Å². The van der Waals surface area contributed by atoms with Crippen molar-refractivity contribution in [2.24, 2.45) is 5.73 Å². The number of benzene rings is 2. The molecule has 0 spiro atoms. The van der Waals surface area contributed by atoms with E-state index in [1.165, 1.54) is 11.1 Å². The van der Waals surface area contributed by atoms with E-state index in [4.69, 9.17) is 11.1 Å². The fraction of sp³-hybridized carbons (Fsp3) is 0.188. The van der Waals surface area contributed by atoms with Gasteiger partial charge >= 0.3 is 0 Å². The largest absolute Gasteiger partial charge is 0.384 e. The Morgan fingerprint density at radius 1 is 1.00 bits per heavy atom. The lowest BCUT2D eigenvalue weighted by Crippen LogP contribution is -2.13. The number of hydrogen-bond acceptors (Lipinski definition) is 2. The number of nitrogens with two attached hydrogens (primary N) is 1. The molecular weight excluding hydrogens is 252 g/mol. The van der Waals surface area contributed by atoms with E-state index in [-0.39, 0.29) is 5.84 Å². The van der Waals surface area contributed by atoms with Crippen LogP contribution in [-0.2, 0) is 11.5 Å². The number of amidine groups is 1. The highest BCUT2D eigenvalue weighted by Gasteiger charge is 2.05. The van der Waals surface area contributed by atoms with Crippen molar-refractivity contribution in [1.82, 2.24) is 0 Å².